The molecule has 0 heterocycles. The van der Waals surface area contributed by atoms with Gasteiger partial charge in [-0.3, -0.25) is 9.59 Å². The van der Waals surface area contributed by atoms with E-state index in [1.54, 1.807) is 21.6 Å². The third-order valence-corrected chi connectivity index (χ3v) is 4.66. The summed E-state index contributed by atoms with van der Waals surface area (Å²) in [7, 11) is 3.25. The minimum Gasteiger partial charge on any atom is -0.481 e. The van der Waals surface area contributed by atoms with Crippen LogP contribution in [0.2, 0.25) is 0 Å². The monoisotopic (exact) mass is 252 g/mol. The molecule has 0 aliphatic carbocycles. The van der Waals surface area contributed by atoms with Gasteiger partial charge in [0.05, 0.1) is 0 Å². The summed E-state index contributed by atoms with van der Waals surface area (Å²) in [6, 6.07) is 0. The van der Waals surface area contributed by atoms with E-state index in [-0.39, 0.29) is 12.8 Å². The summed E-state index contributed by atoms with van der Waals surface area (Å²) in [6.07, 6.45) is 1.73. The van der Waals surface area contributed by atoms with Crippen molar-refractivity contribution in [3.63, 3.8) is 0 Å². The molecular weight excluding hydrogens is 236 g/mol. The lowest BCUT2D eigenvalue weighted by Gasteiger charge is -2.07. The molecule has 0 fully saturated rings. The predicted octanol–water partition coefficient (Wildman–Crippen LogP) is 2.49. The number of hydrogen-bond acceptors (Lipinski definition) is 4. The van der Waals surface area contributed by atoms with Crippen LogP contribution < -0.4 is 0 Å². The van der Waals surface area contributed by atoms with Crippen LogP contribution in [-0.2, 0) is 9.59 Å². The Morgan fingerprint density at radius 1 is 1.20 bits per heavy atom. The standard InChI is InChI=1S/C9H16O4S2/c1-7(4-5-9(12)13)15-14-6-2-3-8(10)11/h7H,2-6H2,1H3,(H,10,11)(H,12,13). The lowest BCUT2D eigenvalue weighted by Crippen LogP contribution is -2.01. The zero-order valence-corrected chi connectivity index (χ0v) is 10.3. The average Bonchev–Trinajstić information content (AvgIpc) is 2.13. The van der Waals surface area contributed by atoms with E-state index < -0.39 is 11.9 Å². The number of carbonyl (C=O) groups is 2. The molecule has 0 spiro atoms. The van der Waals surface area contributed by atoms with Crippen LogP contribution in [0.25, 0.3) is 0 Å². The van der Waals surface area contributed by atoms with Gasteiger partial charge in [-0.2, -0.15) is 0 Å². The van der Waals surface area contributed by atoms with Crippen molar-refractivity contribution < 1.29 is 19.8 Å². The molecule has 0 aliphatic rings. The fourth-order valence-electron chi connectivity index (χ4n) is 0.821. The van der Waals surface area contributed by atoms with Crippen LogP contribution >= 0.6 is 21.6 Å². The Hall–Kier alpha value is -0.360. The van der Waals surface area contributed by atoms with Crippen molar-refractivity contribution in [1.29, 1.82) is 0 Å². The second-order valence-corrected chi connectivity index (χ2v) is 6.08. The zero-order valence-electron chi connectivity index (χ0n) is 8.64. The van der Waals surface area contributed by atoms with Crippen molar-refractivity contribution in [2.45, 2.75) is 37.9 Å². The molecule has 0 saturated heterocycles. The topological polar surface area (TPSA) is 74.6 Å². The van der Waals surface area contributed by atoms with Gasteiger partial charge in [0.2, 0.25) is 0 Å². The fourth-order valence-corrected chi connectivity index (χ4v) is 3.25. The van der Waals surface area contributed by atoms with E-state index in [9.17, 15) is 9.59 Å². The first-order chi connectivity index (χ1) is 7.02. The molecule has 0 aromatic carbocycles. The smallest absolute Gasteiger partial charge is 0.303 e. The lowest BCUT2D eigenvalue weighted by atomic mass is 10.2. The van der Waals surface area contributed by atoms with Crippen LogP contribution in [0.4, 0.5) is 0 Å². The molecule has 0 amide bonds. The van der Waals surface area contributed by atoms with Crippen molar-refractivity contribution in [2.75, 3.05) is 5.75 Å². The maximum atomic E-state index is 10.3. The molecule has 2 N–H and O–H groups in total. The van der Waals surface area contributed by atoms with E-state index in [2.05, 4.69) is 0 Å². The predicted molar refractivity (Wildman–Crippen MR) is 63.3 cm³/mol. The van der Waals surface area contributed by atoms with Crippen molar-refractivity contribution in [3.8, 4) is 0 Å². The minimum absolute atomic E-state index is 0.198. The van der Waals surface area contributed by atoms with Gasteiger partial charge in [-0.1, -0.05) is 28.5 Å². The van der Waals surface area contributed by atoms with Crippen LogP contribution in [-0.4, -0.2) is 33.2 Å². The first-order valence-corrected chi connectivity index (χ1v) is 7.12. The molecule has 1 unspecified atom stereocenters. The van der Waals surface area contributed by atoms with Gasteiger partial charge < -0.3 is 10.2 Å². The highest BCUT2D eigenvalue weighted by molar-refractivity contribution is 8.76. The van der Waals surface area contributed by atoms with Crippen LogP contribution in [0.15, 0.2) is 0 Å². The molecule has 15 heavy (non-hydrogen) atoms. The summed E-state index contributed by atoms with van der Waals surface area (Å²) < 4.78 is 0. The first-order valence-electron chi connectivity index (χ1n) is 4.74. The third kappa shape index (κ3) is 11.6. The molecule has 0 saturated carbocycles. The SMILES string of the molecule is CC(CCC(=O)O)SSCCCC(=O)O. The maximum absolute atomic E-state index is 10.3. The van der Waals surface area contributed by atoms with Crippen LogP contribution in [0.5, 0.6) is 0 Å². The zero-order chi connectivity index (χ0) is 11.7. The van der Waals surface area contributed by atoms with Crippen molar-refractivity contribution in [1.82, 2.24) is 0 Å². The molecule has 6 heteroatoms. The first kappa shape index (κ1) is 14.6. The van der Waals surface area contributed by atoms with Crippen LogP contribution in [0, 0.1) is 0 Å². The van der Waals surface area contributed by atoms with Gasteiger partial charge in [0, 0.05) is 23.8 Å². The normalized spacial score (nSPS) is 12.3. The second-order valence-electron chi connectivity index (χ2n) is 3.16. The van der Waals surface area contributed by atoms with Crippen LogP contribution in [0.3, 0.4) is 0 Å². The van der Waals surface area contributed by atoms with Crippen LogP contribution in [0.1, 0.15) is 32.6 Å². The fraction of sp³-hybridized carbons (Fsp3) is 0.778. The summed E-state index contributed by atoms with van der Waals surface area (Å²) in [5.41, 5.74) is 0. The molecule has 1 atom stereocenters. The Balaban J connectivity index is 3.27. The Kier molecular flexibility index (Phi) is 8.70. The quantitative estimate of drug-likeness (QED) is 0.485. The molecule has 0 bridgehead atoms. The third-order valence-electron chi connectivity index (χ3n) is 1.62. The number of aliphatic carboxylic acids is 2. The van der Waals surface area contributed by atoms with E-state index in [0.717, 1.165) is 5.75 Å². The number of carboxylic acids is 2. The molecule has 0 radical (unpaired) electrons. The molecule has 0 aromatic heterocycles. The van der Waals surface area contributed by atoms with E-state index in [1.807, 2.05) is 6.92 Å². The number of carboxylic acid groups (broad SMARTS) is 2. The maximum Gasteiger partial charge on any atom is 0.303 e. The Labute approximate surface area is 97.2 Å². The summed E-state index contributed by atoms with van der Waals surface area (Å²) in [5.74, 6) is -0.730. The van der Waals surface area contributed by atoms with Gasteiger partial charge in [-0.15, -0.1) is 0 Å². The molecule has 0 aliphatic heterocycles. The molecular formula is C9H16O4S2. The number of hydrogen-bond donors (Lipinski definition) is 2. The Bertz CT molecular complexity index is 208. The van der Waals surface area contributed by atoms with E-state index >= 15 is 0 Å². The van der Waals surface area contributed by atoms with E-state index in [1.165, 1.54) is 0 Å². The van der Waals surface area contributed by atoms with Crippen molar-refractivity contribution in [2.24, 2.45) is 0 Å². The highest BCUT2D eigenvalue weighted by Gasteiger charge is 2.06. The molecule has 4 nitrogen and oxygen atoms in total. The van der Waals surface area contributed by atoms with Gasteiger partial charge in [0.15, 0.2) is 0 Å². The number of rotatable bonds is 9. The Morgan fingerprint density at radius 3 is 2.33 bits per heavy atom. The summed E-state index contributed by atoms with van der Waals surface area (Å²) in [4.78, 5) is 20.5. The van der Waals surface area contributed by atoms with Gasteiger partial charge in [-0.05, 0) is 12.8 Å². The lowest BCUT2D eigenvalue weighted by molar-refractivity contribution is -0.138. The largest absolute Gasteiger partial charge is 0.481 e. The summed E-state index contributed by atoms with van der Waals surface area (Å²) in [6.45, 7) is 1.98. The second kappa shape index (κ2) is 8.91. The minimum atomic E-state index is -0.765. The van der Waals surface area contributed by atoms with Gasteiger partial charge in [0.1, 0.15) is 0 Å². The summed E-state index contributed by atoms with van der Waals surface area (Å²) in [5, 5.41) is 17.1. The Morgan fingerprint density at radius 2 is 1.80 bits per heavy atom. The van der Waals surface area contributed by atoms with E-state index in [4.69, 9.17) is 10.2 Å². The van der Waals surface area contributed by atoms with E-state index in [0.29, 0.717) is 18.1 Å². The molecule has 88 valence electrons. The van der Waals surface area contributed by atoms with Gasteiger partial charge in [0.25, 0.3) is 0 Å². The molecule has 0 aromatic rings. The van der Waals surface area contributed by atoms with Crippen molar-refractivity contribution >= 4 is 33.5 Å². The van der Waals surface area contributed by atoms with Gasteiger partial charge in [-0.25, -0.2) is 0 Å². The average molecular weight is 252 g/mol. The van der Waals surface area contributed by atoms with Crippen molar-refractivity contribution in [3.05, 3.63) is 0 Å². The molecule has 0 rings (SSSR count). The van der Waals surface area contributed by atoms with Gasteiger partial charge >= 0.3 is 11.9 Å². The highest BCUT2D eigenvalue weighted by Crippen LogP contribution is 2.29. The highest BCUT2D eigenvalue weighted by atomic mass is 33.1. The summed E-state index contributed by atoms with van der Waals surface area (Å²) >= 11 is 0.